The molecule has 0 aromatic heterocycles. The molecule has 142 valence electrons. The number of carbonyl (C=O) groups is 4. The molecule has 1 aliphatic rings. The van der Waals surface area contributed by atoms with Gasteiger partial charge < -0.3 is 20.7 Å². The summed E-state index contributed by atoms with van der Waals surface area (Å²) in [6.45, 7) is 10.3. The standard InChI is InChI=1S/C17H29N3O5/c1-9(2)7-13(20-12(5)21)16(24)19-11(4)15(23)18-10(3)14(22)17(6)8-25-17/h9-11,13H,7-8H2,1-6H3,(H,18,23)(H,19,24)(H,20,21). The summed E-state index contributed by atoms with van der Waals surface area (Å²) in [5.74, 6) is -1.21. The summed E-state index contributed by atoms with van der Waals surface area (Å²) in [4.78, 5) is 47.9. The van der Waals surface area contributed by atoms with Gasteiger partial charge in [0, 0.05) is 6.92 Å². The van der Waals surface area contributed by atoms with Crippen molar-refractivity contribution in [1.29, 1.82) is 0 Å². The van der Waals surface area contributed by atoms with Gasteiger partial charge in [-0.2, -0.15) is 0 Å². The zero-order valence-electron chi connectivity index (χ0n) is 15.8. The summed E-state index contributed by atoms with van der Waals surface area (Å²) in [7, 11) is 0. The first-order chi connectivity index (χ1) is 11.5. The fourth-order valence-corrected chi connectivity index (χ4v) is 2.44. The third kappa shape index (κ3) is 6.45. The van der Waals surface area contributed by atoms with Crippen LogP contribution in [0.15, 0.2) is 0 Å². The molecule has 0 spiro atoms. The van der Waals surface area contributed by atoms with Gasteiger partial charge in [0.05, 0.1) is 12.6 Å². The van der Waals surface area contributed by atoms with Gasteiger partial charge in [0.2, 0.25) is 17.7 Å². The van der Waals surface area contributed by atoms with Crippen molar-refractivity contribution in [3.63, 3.8) is 0 Å². The number of epoxide rings is 1. The van der Waals surface area contributed by atoms with Crippen LogP contribution in [0.2, 0.25) is 0 Å². The normalized spacial score (nSPS) is 22.5. The van der Waals surface area contributed by atoms with Crippen LogP contribution in [-0.4, -0.2) is 53.8 Å². The molecular formula is C17H29N3O5. The zero-order valence-corrected chi connectivity index (χ0v) is 15.8. The number of Topliss-reactive ketones (excluding diaryl/α,β-unsaturated/α-hetero) is 1. The van der Waals surface area contributed by atoms with E-state index in [-0.39, 0.29) is 17.6 Å². The number of ether oxygens (including phenoxy) is 1. The first-order valence-corrected chi connectivity index (χ1v) is 8.52. The smallest absolute Gasteiger partial charge is 0.243 e. The van der Waals surface area contributed by atoms with Crippen molar-refractivity contribution in [2.24, 2.45) is 5.92 Å². The molecular weight excluding hydrogens is 326 g/mol. The number of hydrogen-bond donors (Lipinski definition) is 3. The summed E-state index contributed by atoms with van der Waals surface area (Å²) in [6.07, 6.45) is 0.463. The molecule has 0 saturated carbocycles. The van der Waals surface area contributed by atoms with Gasteiger partial charge in [0.15, 0.2) is 5.78 Å². The van der Waals surface area contributed by atoms with E-state index in [0.29, 0.717) is 13.0 Å². The Morgan fingerprint density at radius 3 is 1.92 bits per heavy atom. The summed E-state index contributed by atoms with van der Waals surface area (Å²) in [5.41, 5.74) is -0.813. The van der Waals surface area contributed by atoms with Crippen LogP contribution in [0.3, 0.4) is 0 Å². The fraction of sp³-hybridized carbons (Fsp3) is 0.765. The number of ketones is 1. The number of carbonyl (C=O) groups excluding carboxylic acids is 4. The van der Waals surface area contributed by atoms with E-state index in [1.807, 2.05) is 13.8 Å². The topological polar surface area (TPSA) is 117 Å². The van der Waals surface area contributed by atoms with E-state index in [9.17, 15) is 19.2 Å². The predicted molar refractivity (Wildman–Crippen MR) is 91.6 cm³/mol. The van der Waals surface area contributed by atoms with Gasteiger partial charge >= 0.3 is 0 Å². The second-order valence-corrected chi connectivity index (χ2v) is 7.23. The summed E-state index contributed by atoms with van der Waals surface area (Å²) >= 11 is 0. The largest absolute Gasteiger partial charge is 0.361 e. The molecule has 1 rings (SSSR count). The lowest BCUT2D eigenvalue weighted by Gasteiger charge is -2.23. The van der Waals surface area contributed by atoms with Crippen LogP contribution in [0.4, 0.5) is 0 Å². The molecule has 1 saturated heterocycles. The van der Waals surface area contributed by atoms with Gasteiger partial charge in [-0.3, -0.25) is 19.2 Å². The minimum absolute atomic E-state index is 0.198. The van der Waals surface area contributed by atoms with Crippen LogP contribution in [0.1, 0.15) is 48.0 Å². The second kappa shape index (κ2) is 8.42. The molecule has 4 atom stereocenters. The third-order valence-corrected chi connectivity index (χ3v) is 4.00. The zero-order chi connectivity index (χ0) is 19.4. The quantitative estimate of drug-likeness (QED) is 0.500. The molecule has 0 aliphatic carbocycles. The SMILES string of the molecule is CC(=O)NC(CC(C)C)C(=O)NC(C)C(=O)NC(C)C(=O)C1(C)CO1. The molecule has 1 fully saturated rings. The Kier molecular flexibility index (Phi) is 7.10. The Hall–Kier alpha value is -1.96. The lowest BCUT2D eigenvalue weighted by Crippen LogP contribution is -2.55. The second-order valence-electron chi connectivity index (χ2n) is 7.23. The molecule has 0 aromatic rings. The summed E-state index contributed by atoms with van der Waals surface area (Å²) in [5, 5.41) is 7.75. The average molecular weight is 355 g/mol. The molecule has 0 bridgehead atoms. The Balaban J connectivity index is 2.57. The van der Waals surface area contributed by atoms with Gasteiger partial charge in [0.1, 0.15) is 17.7 Å². The average Bonchev–Trinajstić information content (AvgIpc) is 3.23. The summed E-state index contributed by atoms with van der Waals surface area (Å²) in [6, 6.07) is -2.24. The third-order valence-electron chi connectivity index (χ3n) is 4.00. The molecule has 3 amide bonds. The highest BCUT2D eigenvalue weighted by Gasteiger charge is 2.49. The molecule has 4 unspecified atom stereocenters. The predicted octanol–water partition coefficient (Wildman–Crippen LogP) is -0.0954. The molecule has 0 aromatic carbocycles. The number of hydrogen-bond acceptors (Lipinski definition) is 5. The van der Waals surface area contributed by atoms with Crippen molar-refractivity contribution in [3.05, 3.63) is 0 Å². The van der Waals surface area contributed by atoms with E-state index in [1.54, 1.807) is 13.8 Å². The Labute approximate surface area is 148 Å². The van der Waals surface area contributed by atoms with Gasteiger partial charge in [-0.15, -0.1) is 0 Å². The number of nitrogens with one attached hydrogen (secondary N) is 3. The molecule has 25 heavy (non-hydrogen) atoms. The van der Waals surface area contributed by atoms with Gasteiger partial charge in [0.25, 0.3) is 0 Å². The first kappa shape index (κ1) is 21.1. The van der Waals surface area contributed by atoms with Crippen molar-refractivity contribution in [2.75, 3.05) is 6.61 Å². The van der Waals surface area contributed by atoms with Crippen LogP contribution in [0.25, 0.3) is 0 Å². The Morgan fingerprint density at radius 2 is 1.48 bits per heavy atom. The van der Waals surface area contributed by atoms with E-state index < -0.39 is 35.5 Å². The van der Waals surface area contributed by atoms with Crippen molar-refractivity contribution in [1.82, 2.24) is 16.0 Å². The molecule has 1 aliphatic heterocycles. The van der Waals surface area contributed by atoms with Crippen molar-refractivity contribution in [2.45, 2.75) is 71.7 Å². The molecule has 3 N–H and O–H groups in total. The van der Waals surface area contributed by atoms with Crippen LogP contribution in [0.5, 0.6) is 0 Å². The Bertz CT molecular complexity index is 542. The van der Waals surface area contributed by atoms with Gasteiger partial charge in [-0.25, -0.2) is 0 Å². The van der Waals surface area contributed by atoms with Crippen LogP contribution >= 0.6 is 0 Å². The number of amides is 3. The monoisotopic (exact) mass is 355 g/mol. The summed E-state index contributed by atoms with van der Waals surface area (Å²) < 4.78 is 5.08. The van der Waals surface area contributed by atoms with E-state index in [4.69, 9.17) is 4.74 Å². The van der Waals surface area contributed by atoms with Gasteiger partial charge in [-0.05, 0) is 33.1 Å². The van der Waals surface area contributed by atoms with Crippen molar-refractivity contribution < 1.29 is 23.9 Å². The van der Waals surface area contributed by atoms with Crippen LogP contribution in [0, 0.1) is 5.92 Å². The lowest BCUT2D eigenvalue weighted by molar-refractivity contribution is -0.133. The van der Waals surface area contributed by atoms with Crippen LogP contribution < -0.4 is 16.0 Å². The fourth-order valence-electron chi connectivity index (χ4n) is 2.44. The highest BCUT2D eigenvalue weighted by molar-refractivity contribution is 5.97. The maximum Gasteiger partial charge on any atom is 0.243 e. The maximum atomic E-state index is 12.3. The molecule has 1 heterocycles. The minimum Gasteiger partial charge on any atom is -0.361 e. The Morgan fingerprint density at radius 1 is 0.960 bits per heavy atom. The van der Waals surface area contributed by atoms with E-state index >= 15 is 0 Å². The molecule has 8 heteroatoms. The van der Waals surface area contributed by atoms with E-state index in [0.717, 1.165) is 0 Å². The molecule has 0 radical (unpaired) electrons. The minimum atomic E-state index is -0.834. The number of rotatable bonds is 9. The highest BCUT2D eigenvalue weighted by atomic mass is 16.6. The lowest BCUT2D eigenvalue weighted by atomic mass is 10.0. The van der Waals surface area contributed by atoms with Gasteiger partial charge in [-0.1, -0.05) is 13.8 Å². The van der Waals surface area contributed by atoms with E-state index in [1.165, 1.54) is 13.8 Å². The highest BCUT2D eigenvalue weighted by Crippen LogP contribution is 2.28. The molecule has 8 nitrogen and oxygen atoms in total. The van der Waals surface area contributed by atoms with Crippen molar-refractivity contribution >= 4 is 23.5 Å². The van der Waals surface area contributed by atoms with E-state index in [2.05, 4.69) is 16.0 Å². The van der Waals surface area contributed by atoms with Crippen molar-refractivity contribution in [3.8, 4) is 0 Å². The maximum absolute atomic E-state index is 12.3. The van der Waals surface area contributed by atoms with Crippen LogP contribution in [-0.2, 0) is 23.9 Å². The first-order valence-electron chi connectivity index (χ1n) is 8.52.